The third-order valence-electron chi connectivity index (χ3n) is 2.32. The molecule has 1 unspecified atom stereocenters. The largest absolute Gasteiger partial charge is 0.398 e. The second-order valence-electron chi connectivity index (χ2n) is 3.23. The molecule has 1 aliphatic heterocycles. The summed E-state index contributed by atoms with van der Waals surface area (Å²) in [7, 11) is 1.65. The van der Waals surface area contributed by atoms with Crippen LogP contribution >= 0.6 is 0 Å². The van der Waals surface area contributed by atoms with Gasteiger partial charge in [0.2, 0.25) is 0 Å². The first-order chi connectivity index (χ1) is 5.76. The summed E-state index contributed by atoms with van der Waals surface area (Å²) in [5.74, 6) is 0. The van der Waals surface area contributed by atoms with Crippen molar-refractivity contribution in [2.24, 2.45) is 0 Å². The van der Waals surface area contributed by atoms with Crippen LogP contribution in [-0.4, -0.2) is 35.5 Å². The number of hydrogen-bond donors (Lipinski definition) is 0. The Hall–Kier alpha value is 0.0969. The van der Waals surface area contributed by atoms with Gasteiger partial charge >= 0.3 is 8.56 Å². The molecule has 0 radical (unpaired) electrons. The number of ether oxygens (including phenoxy) is 1. The van der Waals surface area contributed by atoms with Gasteiger partial charge in [-0.05, 0) is 6.04 Å². The van der Waals surface area contributed by atoms with Gasteiger partial charge in [-0.25, -0.2) is 0 Å². The molecule has 72 valence electrons. The summed E-state index contributed by atoms with van der Waals surface area (Å²) in [5.41, 5.74) is 0. The van der Waals surface area contributed by atoms with E-state index in [9.17, 15) is 0 Å². The highest BCUT2D eigenvalue weighted by Crippen LogP contribution is 2.27. The van der Waals surface area contributed by atoms with Gasteiger partial charge in [-0.2, -0.15) is 0 Å². The Balaban J connectivity index is 2.41. The van der Waals surface area contributed by atoms with Crippen molar-refractivity contribution in [2.75, 3.05) is 20.8 Å². The first kappa shape index (κ1) is 10.2. The maximum absolute atomic E-state index is 5.52. The minimum absolute atomic E-state index is 0.420. The fraction of sp³-hybridized carbons (Fsp3) is 1.00. The standard InChI is InChI=1S/C8H18O3Si/c1-4-5-12(9-2,10-3)7-8-6-11-8/h8H,4-7H2,1-3H3. The third kappa shape index (κ3) is 2.55. The SMILES string of the molecule is CCC[Si](CC1CO1)(OC)OC. The fourth-order valence-corrected chi connectivity index (χ4v) is 4.27. The molecule has 3 nitrogen and oxygen atoms in total. The molecule has 1 rings (SSSR count). The van der Waals surface area contributed by atoms with Gasteiger partial charge in [0.15, 0.2) is 0 Å². The van der Waals surface area contributed by atoms with E-state index in [0.29, 0.717) is 6.10 Å². The lowest BCUT2D eigenvalue weighted by atomic mass is 10.6. The second kappa shape index (κ2) is 4.37. The minimum Gasteiger partial charge on any atom is -0.398 e. The monoisotopic (exact) mass is 190 g/mol. The zero-order chi connectivity index (χ0) is 9.03. The van der Waals surface area contributed by atoms with Crippen LogP contribution in [0.4, 0.5) is 0 Å². The van der Waals surface area contributed by atoms with Crippen LogP contribution < -0.4 is 0 Å². The van der Waals surface area contributed by atoms with Gasteiger partial charge < -0.3 is 13.6 Å². The number of epoxide rings is 1. The highest BCUT2D eigenvalue weighted by atomic mass is 28.4. The summed E-state index contributed by atoms with van der Waals surface area (Å²) in [5, 5.41) is 0. The topological polar surface area (TPSA) is 31.0 Å². The van der Waals surface area contributed by atoms with Crippen LogP contribution in [0.3, 0.4) is 0 Å². The van der Waals surface area contributed by atoms with Crippen LogP contribution in [0.5, 0.6) is 0 Å². The van der Waals surface area contributed by atoms with Crippen molar-refractivity contribution < 1.29 is 13.6 Å². The predicted molar refractivity (Wildman–Crippen MR) is 49.4 cm³/mol. The highest BCUT2D eigenvalue weighted by Gasteiger charge is 2.41. The van der Waals surface area contributed by atoms with E-state index >= 15 is 0 Å². The van der Waals surface area contributed by atoms with Gasteiger partial charge in [-0.3, -0.25) is 0 Å². The van der Waals surface area contributed by atoms with Crippen molar-refractivity contribution >= 4 is 8.56 Å². The summed E-state index contributed by atoms with van der Waals surface area (Å²) in [6.45, 7) is 3.05. The molecule has 4 heteroatoms. The summed E-state index contributed by atoms with van der Waals surface area (Å²) in [4.78, 5) is 0. The molecule has 0 aliphatic carbocycles. The lowest BCUT2D eigenvalue weighted by Gasteiger charge is -2.26. The highest BCUT2D eigenvalue weighted by molar-refractivity contribution is 6.67. The molecule has 0 amide bonds. The fourth-order valence-electron chi connectivity index (χ4n) is 1.47. The lowest BCUT2D eigenvalue weighted by molar-refractivity contribution is 0.235. The Kier molecular flexibility index (Phi) is 3.70. The quantitative estimate of drug-likeness (QED) is 0.470. The van der Waals surface area contributed by atoms with Gasteiger partial charge in [-0.15, -0.1) is 0 Å². The molecule has 1 saturated heterocycles. The number of hydrogen-bond acceptors (Lipinski definition) is 3. The van der Waals surface area contributed by atoms with Crippen LogP contribution in [0.25, 0.3) is 0 Å². The Labute approximate surface area is 75.3 Å². The molecule has 0 bridgehead atoms. The van der Waals surface area contributed by atoms with Crippen molar-refractivity contribution in [3.8, 4) is 0 Å². The van der Waals surface area contributed by atoms with Crippen molar-refractivity contribution in [1.29, 1.82) is 0 Å². The van der Waals surface area contributed by atoms with E-state index < -0.39 is 8.56 Å². The van der Waals surface area contributed by atoms with Gasteiger partial charge in [0.25, 0.3) is 0 Å². The summed E-state index contributed by atoms with van der Waals surface area (Å²) >= 11 is 0. The average Bonchev–Trinajstić information content (AvgIpc) is 2.87. The molecular weight excluding hydrogens is 172 g/mol. The Morgan fingerprint density at radius 3 is 2.33 bits per heavy atom. The molecule has 0 aromatic carbocycles. The second-order valence-corrected chi connectivity index (χ2v) is 6.77. The predicted octanol–water partition coefficient (Wildman–Crippen LogP) is 1.53. The zero-order valence-corrected chi connectivity index (χ0v) is 9.13. The van der Waals surface area contributed by atoms with Crippen LogP contribution in [0.15, 0.2) is 0 Å². The van der Waals surface area contributed by atoms with Crippen molar-refractivity contribution in [1.82, 2.24) is 0 Å². The van der Waals surface area contributed by atoms with Gasteiger partial charge in [0.1, 0.15) is 0 Å². The Morgan fingerprint density at radius 2 is 2.00 bits per heavy atom. The first-order valence-corrected chi connectivity index (χ1v) is 6.71. The molecule has 0 saturated carbocycles. The summed E-state index contributed by atoms with van der Waals surface area (Å²) in [6.07, 6.45) is 1.55. The first-order valence-electron chi connectivity index (χ1n) is 4.48. The molecule has 0 aromatic rings. The Morgan fingerprint density at radius 1 is 1.42 bits per heavy atom. The molecule has 12 heavy (non-hydrogen) atoms. The molecule has 0 spiro atoms. The average molecular weight is 190 g/mol. The van der Waals surface area contributed by atoms with Crippen LogP contribution in [0.2, 0.25) is 12.1 Å². The molecular formula is C8H18O3Si. The number of rotatable bonds is 6. The molecule has 0 aromatic heterocycles. The lowest BCUT2D eigenvalue weighted by Crippen LogP contribution is -2.41. The van der Waals surface area contributed by atoms with E-state index in [1.807, 2.05) is 0 Å². The molecule has 0 N–H and O–H groups in total. The third-order valence-corrected chi connectivity index (χ3v) is 6.14. The van der Waals surface area contributed by atoms with E-state index in [0.717, 1.165) is 25.1 Å². The smallest absolute Gasteiger partial charge is 0.340 e. The van der Waals surface area contributed by atoms with E-state index in [1.165, 1.54) is 0 Å². The summed E-state index contributed by atoms with van der Waals surface area (Å²) < 4.78 is 16.2. The van der Waals surface area contributed by atoms with E-state index in [4.69, 9.17) is 13.6 Å². The van der Waals surface area contributed by atoms with Gasteiger partial charge in [0, 0.05) is 20.3 Å². The Bertz CT molecular complexity index is 132. The minimum atomic E-state index is -1.87. The zero-order valence-electron chi connectivity index (χ0n) is 8.13. The maximum Gasteiger partial charge on any atom is 0.340 e. The van der Waals surface area contributed by atoms with Crippen LogP contribution in [0.1, 0.15) is 13.3 Å². The van der Waals surface area contributed by atoms with Crippen molar-refractivity contribution in [2.45, 2.75) is 31.5 Å². The van der Waals surface area contributed by atoms with Gasteiger partial charge in [-0.1, -0.05) is 13.3 Å². The van der Waals surface area contributed by atoms with Crippen LogP contribution in [0, 0.1) is 0 Å². The van der Waals surface area contributed by atoms with E-state index in [2.05, 4.69) is 6.92 Å². The maximum atomic E-state index is 5.52. The normalized spacial score (nSPS) is 22.8. The summed E-state index contributed by atoms with van der Waals surface area (Å²) in [6, 6.07) is 2.06. The van der Waals surface area contributed by atoms with E-state index in [-0.39, 0.29) is 0 Å². The van der Waals surface area contributed by atoms with E-state index in [1.54, 1.807) is 14.2 Å². The van der Waals surface area contributed by atoms with Crippen molar-refractivity contribution in [3.05, 3.63) is 0 Å². The van der Waals surface area contributed by atoms with Crippen LogP contribution in [-0.2, 0) is 13.6 Å². The molecule has 1 fully saturated rings. The van der Waals surface area contributed by atoms with Crippen molar-refractivity contribution in [3.63, 3.8) is 0 Å². The van der Waals surface area contributed by atoms with Gasteiger partial charge in [0.05, 0.1) is 12.7 Å². The molecule has 1 heterocycles. The molecule has 1 aliphatic rings. The molecule has 1 atom stereocenters.